The first-order valence-electron chi connectivity index (χ1n) is 4.19. The molecule has 0 aliphatic heterocycles. The van der Waals surface area contributed by atoms with E-state index in [1.165, 1.54) is 0 Å². The maximum atomic E-state index is 10.3. The van der Waals surface area contributed by atoms with Crippen LogP contribution >= 0.6 is 12.6 Å². The van der Waals surface area contributed by atoms with E-state index >= 15 is 0 Å². The average Bonchev–Trinajstić information content (AvgIpc) is 2.12. The molecule has 14 heavy (non-hydrogen) atoms. The molecule has 0 unspecified atom stereocenters. The van der Waals surface area contributed by atoms with E-state index in [1.807, 2.05) is 0 Å². The lowest BCUT2D eigenvalue weighted by Crippen LogP contribution is -2.47. The summed E-state index contributed by atoms with van der Waals surface area (Å²) in [6.45, 7) is 4.18. The molecule has 0 aliphatic carbocycles. The minimum Gasteiger partial charge on any atom is -0.348 e. The van der Waals surface area contributed by atoms with Gasteiger partial charge in [0, 0.05) is 18.5 Å². The van der Waals surface area contributed by atoms with Crippen LogP contribution in [0.4, 0.5) is 0 Å². The Hall–Kier alpha value is -1.04. The molecule has 0 saturated carbocycles. The Morgan fingerprint density at radius 1 is 1.64 bits per heavy atom. The van der Waals surface area contributed by atoms with Crippen LogP contribution in [0.15, 0.2) is 10.1 Å². The second-order valence-electron chi connectivity index (χ2n) is 3.16. The Kier molecular flexibility index (Phi) is 5.94. The number of thiol groups is 1. The van der Waals surface area contributed by atoms with Crippen molar-refractivity contribution >= 4 is 31.0 Å². The number of carbonyl (C=O) groups excluding carboxylic acids is 1. The van der Waals surface area contributed by atoms with Gasteiger partial charge in [-0.2, -0.15) is 17.7 Å². The number of hydrogen-bond donors (Lipinski definition) is 3. The molecule has 0 bridgehead atoms. The molecule has 0 spiro atoms. The second-order valence-corrected chi connectivity index (χ2v) is 3.61. The van der Waals surface area contributed by atoms with E-state index in [0.29, 0.717) is 24.4 Å². The molecule has 0 atom stereocenters. The summed E-state index contributed by atoms with van der Waals surface area (Å²) in [5.41, 5.74) is -0.0808. The molecule has 3 N–H and O–H groups in total. The maximum Gasteiger partial charge on any atom is 0.207 e. The SMILES string of the molecule is CC(C)(NC=O)/C(C=NCCS)=N/N. The molecule has 0 rings (SSSR count). The third-order valence-corrected chi connectivity index (χ3v) is 1.84. The van der Waals surface area contributed by atoms with E-state index < -0.39 is 5.54 Å². The summed E-state index contributed by atoms with van der Waals surface area (Å²) in [5, 5.41) is 6.17. The minimum atomic E-state index is -0.601. The molecule has 5 nitrogen and oxygen atoms in total. The first-order chi connectivity index (χ1) is 6.58. The Balaban J connectivity index is 4.48. The van der Waals surface area contributed by atoms with Crippen molar-refractivity contribution in [2.45, 2.75) is 19.4 Å². The van der Waals surface area contributed by atoms with Crippen LogP contribution in [0.1, 0.15) is 13.8 Å². The fourth-order valence-corrected chi connectivity index (χ4v) is 0.902. The normalized spacial score (nSPS) is 13.2. The lowest BCUT2D eigenvalue weighted by Gasteiger charge is -2.22. The van der Waals surface area contributed by atoms with Crippen LogP contribution in [0.5, 0.6) is 0 Å². The zero-order valence-corrected chi connectivity index (χ0v) is 9.29. The highest BCUT2D eigenvalue weighted by Gasteiger charge is 2.22. The number of aliphatic imine (C=N–C) groups is 1. The minimum absolute atomic E-state index is 0.520. The Morgan fingerprint density at radius 3 is 2.71 bits per heavy atom. The van der Waals surface area contributed by atoms with Gasteiger partial charge < -0.3 is 11.2 Å². The molecule has 0 saturated heterocycles. The first-order valence-corrected chi connectivity index (χ1v) is 4.82. The van der Waals surface area contributed by atoms with E-state index in [1.54, 1.807) is 20.1 Å². The van der Waals surface area contributed by atoms with Gasteiger partial charge in [-0.3, -0.25) is 9.79 Å². The van der Waals surface area contributed by atoms with Crippen LogP contribution in [0.2, 0.25) is 0 Å². The van der Waals surface area contributed by atoms with Gasteiger partial charge in [0.25, 0.3) is 0 Å². The van der Waals surface area contributed by atoms with E-state index in [0.717, 1.165) is 0 Å². The molecule has 0 heterocycles. The third-order valence-electron chi connectivity index (χ3n) is 1.64. The van der Waals surface area contributed by atoms with Gasteiger partial charge in [-0.25, -0.2) is 0 Å². The predicted octanol–water partition coefficient (Wildman–Crippen LogP) is -0.174. The molecular formula is C8H16N4OS. The fraction of sp³-hybridized carbons (Fsp3) is 0.625. The molecular weight excluding hydrogens is 200 g/mol. The van der Waals surface area contributed by atoms with E-state index in [2.05, 4.69) is 28.0 Å². The van der Waals surface area contributed by atoms with Crippen molar-refractivity contribution in [2.24, 2.45) is 15.9 Å². The van der Waals surface area contributed by atoms with Gasteiger partial charge in [0.05, 0.1) is 5.54 Å². The van der Waals surface area contributed by atoms with Crippen molar-refractivity contribution < 1.29 is 4.79 Å². The predicted molar refractivity (Wildman–Crippen MR) is 62.1 cm³/mol. The van der Waals surface area contributed by atoms with Crippen molar-refractivity contribution in [3.05, 3.63) is 0 Å². The Labute approximate surface area is 89.3 Å². The second kappa shape index (κ2) is 6.42. The number of nitrogens with one attached hydrogen (secondary N) is 1. The number of rotatable bonds is 6. The number of nitrogens with zero attached hydrogens (tertiary/aromatic N) is 2. The van der Waals surface area contributed by atoms with Gasteiger partial charge in [0.2, 0.25) is 6.41 Å². The standard InChI is InChI=1S/C8H16N4OS/c1-8(2,11-6-13)7(12-9)5-10-3-4-14/h5-6,14H,3-4,9H2,1-2H3,(H,11,13)/b10-5?,12-7+. The molecule has 0 aliphatic rings. The van der Waals surface area contributed by atoms with Crippen LogP contribution in [-0.2, 0) is 4.79 Å². The maximum absolute atomic E-state index is 10.3. The number of hydrazone groups is 1. The number of carbonyl (C=O) groups is 1. The van der Waals surface area contributed by atoms with Crippen molar-refractivity contribution in [1.82, 2.24) is 5.32 Å². The van der Waals surface area contributed by atoms with Gasteiger partial charge in [0.15, 0.2) is 0 Å². The summed E-state index contributed by atoms with van der Waals surface area (Å²) in [7, 11) is 0. The molecule has 0 radical (unpaired) electrons. The molecule has 0 aromatic rings. The monoisotopic (exact) mass is 216 g/mol. The number of nitrogens with two attached hydrogens (primary N) is 1. The third kappa shape index (κ3) is 4.27. The summed E-state index contributed by atoms with van der Waals surface area (Å²) in [6.07, 6.45) is 2.16. The smallest absolute Gasteiger partial charge is 0.207 e. The summed E-state index contributed by atoms with van der Waals surface area (Å²) >= 11 is 4.01. The van der Waals surface area contributed by atoms with Crippen LogP contribution in [0, 0.1) is 0 Å². The summed E-state index contributed by atoms with van der Waals surface area (Å²) in [4.78, 5) is 14.3. The summed E-state index contributed by atoms with van der Waals surface area (Å²) in [6, 6.07) is 0. The average molecular weight is 216 g/mol. The fourth-order valence-electron chi connectivity index (χ4n) is 0.786. The largest absolute Gasteiger partial charge is 0.348 e. The molecule has 0 fully saturated rings. The summed E-state index contributed by atoms with van der Waals surface area (Å²) in [5.74, 6) is 5.86. The van der Waals surface area contributed by atoms with E-state index in [9.17, 15) is 4.79 Å². The van der Waals surface area contributed by atoms with E-state index in [-0.39, 0.29) is 0 Å². The zero-order chi connectivity index (χ0) is 11.0. The highest BCUT2D eigenvalue weighted by molar-refractivity contribution is 7.80. The van der Waals surface area contributed by atoms with Gasteiger partial charge in [-0.1, -0.05) is 0 Å². The van der Waals surface area contributed by atoms with Crippen molar-refractivity contribution in [2.75, 3.05) is 12.3 Å². The van der Waals surface area contributed by atoms with Crippen molar-refractivity contribution in [1.29, 1.82) is 0 Å². The van der Waals surface area contributed by atoms with Crippen LogP contribution < -0.4 is 11.2 Å². The van der Waals surface area contributed by atoms with Gasteiger partial charge in [-0.05, 0) is 13.8 Å². The van der Waals surface area contributed by atoms with Gasteiger partial charge in [-0.15, -0.1) is 0 Å². The lowest BCUT2D eigenvalue weighted by atomic mass is 9.99. The number of amides is 1. The Bertz CT molecular complexity index is 237. The quantitative estimate of drug-likeness (QED) is 0.189. The lowest BCUT2D eigenvalue weighted by molar-refractivity contribution is -0.110. The highest BCUT2D eigenvalue weighted by atomic mass is 32.1. The van der Waals surface area contributed by atoms with Crippen LogP contribution in [0.3, 0.4) is 0 Å². The first kappa shape index (κ1) is 13.0. The molecule has 80 valence electrons. The molecule has 6 heteroatoms. The Morgan fingerprint density at radius 2 is 2.29 bits per heavy atom. The van der Waals surface area contributed by atoms with Crippen molar-refractivity contribution in [3.8, 4) is 0 Å². The highest BCUT2D eigenvalue weighted by Crippen LogP contribution is 2.02. The van der Waals surface area contributed by atoms with Gasteiger partial charge in [0.1, 0.15) is 5.71 Å². The topological polar surface area (TPSA) is 79.8 Å². The van der Waals surface area contributed by atoms with E-state index in [4.69, 9.17) is 5.84 Å². The molecule has 0 aromatic carbocycles. The summed E-state index contributed by atoms with van der Waals surface area (Å²) < 4.78 is 0. The van der Waals surface area contributed by atoms with Crippen LogP contribution in [-0.4, -0.2) is 36.2 Å². The molecule has 1 amide bonds. The zero-order valence-electron chi connectivity index (χ0n) is 8.40. The molecule has 0 aromatic heterocycles. The van der Waals surface area contributed by atoms with Crippen LogP contribution in [0.25, 0.3) is 0 Å². The van der Waals surface area contributed by atoms with Gasteiger partial charge >= 0.3 is 0 Å². The van der Waals surface area contributed by atoms with Crippen molar-refractivity contribution in [3.63, 3.8) is 0 Å². The number of hydrogen-bond acceptors (Lipinski definition) is 5.